The molecule has 35 heavy (non-hydrogen) atoms. The largest absolute Gasteiger partial charge is 0.493 e. The Hall–Kier alpha value is -3.95. The minimum Gasteiger partial charge on any atom is -0.493 e. The fraction of sp³-hybridized carbons (Fsp3) is 0.400. The van der Waals surface area contributed by atoms with Crippen LogP contribution in [0.2, 0.25) is 0 Å². The molecule has 2 aliphatic rings. The number of carbonyl (C=O) groups excluding carboxylic acids is 3. The van der Waals surface area contributed by atoms with Gasteiger partial charge in [0.15, 0.2) is 28.8 Å². The zero-order valence-electron chi connectivity index (χ0n) is 20.0. The summed E-state index contributed by atoms with van der Waals surface area (Å²) in [5.74, 6) is -2.26. The van der Waals surface area contributed by atoms with E-state index in [2.05, 4.69) is 0 Å². The molecule has 2 aromatic rings. The second-order valence-electron chi connectivity index (χ2n) is 8.05. The van der Waals surface area contributed by atoms with Gasteiger partial charge in [-0.05, 0) is 35.4 Å². The molecule has 1 aliphatic heterocycles. The number of ether oxygens (including phenoxy) is 7. The molecule has 10 nitrogen and oxygen atoms in total. The van der Waals surface area contributed by atoms with Crippen molar-refractivity contribution in [3.05, 3.63) is 41.0 Å². The number of carbonyl (C=O) groups is 3. The van der Waals surface area contributed by atoms with Crippen LogP contribution in [0.15, 0.2) is 24.3 Å². The Kier molecular flexibility index (Phi) is 6.72. The maximum Gasteiger partial charge on any atom is 0.310 e. The van der Waals surface area contributed by atoms with E-state index in [1.807, 2.05) is 0 Å². The van der Waals surface area contributed by atoms with Crippen molar-refractivity contribution in [3.8, 4) is 28.7 Å². The molecule has 0 N–H and O–H groups in total. The lowest BCUT2D eigenvalue weighted by Gasteiger charge is -2.37. The third kappa shape index (κ3) is 4.20. The van der Waals surface area contributed by atoms with Crippen LogP contribution in [0.25, 0.3) is 0 Å². The summed E-state index contributed by atoms with van der Waals surface area (Å²) in [5, 5.41) is 0. The third-order valence-electron chi connectivity index (χ3n) is 6.26. The van der Waals surface area contributed by atoms with E-state index in [1.54, 1.807) is 24.3 Å². The van der Waals surface area contributed by atoms with Crippen LogP contribution in [0.5, 0.6) is 28.7 Å². The first-order valence-corrected chi connectivity index (χ1v) is 10.8. The van der Waals surface area contributed by atoms with E-state index < -0.39 is 29.7 Å². The summed E-state index contributed by atoms with van der Waals surface area (Å²) in [7, 11) is 5.70. The number of fused-ring (bicyclic) bond motifs is 2. The van der Waals surface area contributed by atoms with Crippen LogP contribution in [-0.4, -0.2) is 59.6 Å². The number of rotatable bonds is 7. The molecule has 0 spiro atoms. The summed E-state index contributed by atoms with van der Waals surface area (Å²) in [6, 6.07) is 6.73. The maximum absolute atomic E-state index is 13.6. The van der Waals surface area contributed by atoms with Gasteiger partial charge in [0.2, 0.25) is 12.5 Å². The van der Waals surface area contributed by atoms with Gasteiger partial charge in [0, 0.05) is 18.4 Å². The van der Waals surface area contributed by atoms with Gasteiger partial charge in [-0.1, -0.05) is 0 Å². The van der Waals surface area contributed by atoms with Gasteiger partial charge in [0.25, 0.3) is 0 Å². The first kappa shape index (κ1) is 24.2. The smallest absolute Gasteiger partial charge is 0.310 e. The number of benzene rings is 2. The molecule has 0 unspecified atom stereocenters. The van der Waals surface area contributed by atoms with E-state index in [-0.39, 0.29) is 19.2 Å². The van der Waals surface area contributed by atoms with Crippen LogP contribution < -0.4 is 23.7 Å². The molecule has 0 amide bonds. The highest BCUT2D eigenvalue weighted by Gasteiger charge is 2.49. The maximum atomic E-state index is 13.6. The summed E-state index contributed by atoms with van der Waals surface area (Å²) in [6.45, 7) is 0.963. The van der Waals surface area contributed by atoms with Gasteiger partial charge < -0.3 is 33.2 Å². The first-order chi connectivity index (χ1) is 16.8. The molecule has 1 aliphatic carbocycles. The van der Waals surface area contributed by atoms with Crippen LogP contribution in [0, 0.1) is 11.8 Å². The molecule has 0 saturated heterocycles. The number of esters is 2. The predicted molar refractivity (Wildman–Crippen MR) is 120 cm³/mol. The Bertz CT molecular complexity index is 1150. The third-order valence-corrected chi connectivity index (χ3v) is 6.26. The lowest BCUT2D eigenvalue weighted by molar-refractivity contribution is -0.151. The summed E-state index contributed by atoms with van der Waals surface area (Å²) in [5.41, 5.74) is 1.49. The average Bonchev–Trinajstić information content (AvgIpc) is 3.33. The van der Waals surface area contributed by atoms with Crippen molar-refractivity contribution >= 4 is 17.7 Å². The highest BCUT2D eigenvalue weighted by molar-refractivity contribution is 6.04. The van der Waals surface area contributed by atoms with Crippen molar-refractivity contribution in [1.82, 2.24) is 0 Å². The van der Waals surface area contributed by atoms with Crippen molar-refractivity contribution in [2.24, 2.45) is 11.8 Å². The van der Waals surface area contributed by atoms with Crippen molar-refractivity contribution in [2.75, 3.05) is 41.8 Å². The van der Waals surface area contributed by atoms with Gasteiger partial charge in [0.05, 0.1) is 40.3 Å². The Labute approximate surface area is 202 Å². The lowest BCUT2D eigenvalue weighted by atomic mass is 9.66. The monoisotopic (exact) mass is 486 g/mol. The molecule has 0 aromatic heterocycles. The number of hydrogen-bond acceptors (Lipinski definition) is 10. The van der Waals surface area contributed by atoms with Crippen LogP contribution in [0.1, 0.15) is 34.3 Å². The SMILES string of the molecule is COC(=O)[C@H]1[C@H](c2cc(OC)c(OC)c(OC)c2)c2cc3c(cc2C(=O)[C@H]1COC(C)=O)OCO3. The second kappa shape index (κ2) is 9.73. The quantitative estimate of drug-likeness (QED) is 0.541. The van der Waals surface area contributed by atoms with E-state index in [0.29, 0.717) is 45.4 Å². The zero-order chi connectivity index (χ0) is 25.3. The fourth-order valence-corrected chi connectivity index (χ4v) is 4.71. The molecule has 0 bridgehead atoms. The summed E-state index contributed by atoms with van der Waals surface area (Å²) in [4.78, 5) is 38.4. The number of Topliss-reactive ketones (excluding diaryl/α,β-unsaturated/α-hetero) is 1. The highest BCUT2D eigenvalue weighted by Crippen LogP contribution is 2.51. The Morgan fingerprint density at radius 3 is 2.11 bits per heavy atom. The van der Waals surface area contributed by atoms with Gasteiger partial charge in [-0.15, -0.1) is 0 Å². The molecular formula is C25H26O10. The zero-order valence-corrected chi connectivity index (χ0v) is 20.0. The predicted octanol–water partition coefficient (Wildman–Crippen LogP) is 2.74. The molecule has 3 atom stereocenters. The van der Waals surface area contributed by atoms with Crippen molar-refractivity contribution in [1.29, 1.82) is 0 Å². The molecule has 4 rings (SSSR count). The van der Waals surface area contributed by atoms with Crippen LogP contribution in [-0.2, 0) is 19.1 Å². The molecule has 10 heteroatoms. The Morgan fingerprint density at radius 1 is 0.943 bits per heavy atom. The topological polar surface area (TPSA) is 116 Å². The van der Waals surface area contributed by atoms with Crippen molar-refractivity contribution in [3.63, 3.8) is 0 Å². The Morgan fingerprint density at radius 2 is 1.57 bits per heavy atom. The highest BCUT2D eigenvalue weighted by atomic mass is 16.7. The van der Waals surface area contributed by atoms with Crippen molar-refractivity contribution < 1.29 is 47.5 Å². The van der Waals surface area contributed by atoms with E-state index in [9.17, 15) is 14.4 Å². The number of hydrogen-bond donors (Lipinski definition) is 0. The van der Waals surface area contributed by atoms with Crippen LogP contribution in [0.4, 0.5) is 0 Å². The standard InChI is InChI=1S/C25H26O10/c1-12(26)33-10-16-22(25(28)32-5)21(13-6-19(29-2)24(31-4)20(7-13)30-3)14-8-17-18(35-11-34-17)9-15(14)23(16)27/h6-9,16,21-22H,10-11H2,1-5H3/t16-,21+,22+/m0/s1. The Balaban J connectivity index is 1.98. The summed E-state index contributed by atoms with van der Waals surface area (Å²) < 4.78 is 37.8. The second-order valence-corrected chi connectivity index (χ2v) is 8.05. The van der Waals surface area contributed by atoms with Gasteiger partial charge in [-0.25, -0.2) is 0 Å². The fourth-order valence-electron chi connectivity index (χ4n) is 4.71. The van der Waals surface area contributed by atoms with Crippen molar-refractivity contribution in [2.45, 2.75) is 12.8 Å². The van der Waals surface area contributed by atoms with E-state index in [4.69, 9.17) is 33.2 Å². The summed E-state index contributed by atoms with van der Waals surface area (Å²) in [6.07, 6.45) is 0. The molecule has 2 aromatic carbocycles. The first-order valence-electron chi connectivity index (χ1n) is 10.8. The minimum absolute atomic E-state index is 0.0125. The molecule has 0 radical (unpaired) electrons. The normalized spacial score (nSPS) is 20.0. The average molecular weight is 486 g/mol. The van der Waals surface area contributed by atoms with E-state index in [0.717, 1.165) is 0 Å². The molecule has 0 saturated carbocycles. The van der Waals surface area contributed by atoms with Crippen LogP contribution >= 0.6 is 0 Å². The van der Waals surface area contributed by atoms with E-state index in [1.165, 1.54) is 35.4 Å². The van der Waals surface area contributed by atoms with Gasteiger partial charge in [-0.3, -0.25) is 14.4 Å². The lowest BCUT2D eigenvalue weighted by Crippen LogP contribution is -2.43. The number of ketones is 1. The molecule has 0 fully saturated rings. The summed E-state index contributed by atoms with van der Waals surface area (Å²) >= 11 is 0. The van der Waals surface area contributed by atoms with Crippen LogP contribution in [0.3, 0.4) is 0 Å². The van der Waals surface area contributed by atoms with Gasteiger partial charge in [0.1, 0.15) is 6.61 Å². The molecule has 1 heterocycles. The minimum atomic E-state index is -1.01. The van der Waals surface area contributed by atoms with Gasteiger partial charge in [-0.2, -0.15) is 0 Å². The van der Waals surface area contributed by atoms with Gasteiger partial charge >= 0.3 is 11.9 Å². The molecular weight excluding hydrogens is 460 g/mol. The number of methoxy groups -OCH3 is 4. The molecule has 186 valence electrons. The van der Waals surface area contributed by atoms with E-state index >= 15 is 0 Å².